The van der Waals surface area contributed by atoms with E-state index in [4.69, 9.17) is 24.3 Å². The molecule has 0 spiro atoms. The molecule has 2 aliphatic rings. The molecule has 1 fully saturated rings. The van der Waals surface area contributed by atoms with Crippen LogP contribution in [-0.2, 0) is 15.8 Å². The maximum Gasteiger partial charge on any atom is 0.251 e. The van der Waals surface area contributed by atoms with Gasteiger partial charge in [0.2, 0.25) is 5.91 Å². The molecule has 0 bridgehead atoms. The van der Waals surface area contributed by atoms with Crippen LogP contribution in [0.3, 0.4) is 0 Å². The molecule has 6 N–H and O–H groups in total. The molecule has 4 rings (SSSR count). The Hall–Kier alpha value is -1.68. The monoisotopic (exact) mass is 773 g/mol. The quantitative estimate of drug-likeness (QED) is 0.118. The number of halogens is 1. The third kappa shape index (κ3) is 6.31. The summed E-state index contributed by atoms with van der Waals surface area (Å²) >= 11 is 1.70. The summed E-state index contributed by atoms with van der Waals surface area (Å²) in [5.74, 6) is -0.229. The number of nitrogen functional groups attached to an aromatic ring is 1. The number of aliphatic imine (C=N–C) groups is 1. The van der Waals surface area contributed by atoms with Crippen LogP contribution >= 0.6 is 23.0 Å². The molecule has 208 valence electrons. The fourth-order valence-corrected chi connectivity index (χ4v) is 4.99. The molecule has 0 radical (unpaired) electrons. The number of nitrogens with one attached hydrogen (secondary N) is 1. The zero-order valence-corrected chi connectivity index (χ0v) is 27.2. The van der Waals surface area contributed by atoms with Gasteiger partial charge in [-0.2, -0.15) is 6.42 Å². The number of pyridine rings is 1. The Balaban J connectivity index is 0.00000420. The fourth-order valence-electron chi connectivity index (χ4n) is 4.62. The Bertz CT molecular complexity index is 1290. The van der Waals surface area contributed by atoms with E-state index in [1.165, 1.54) is 6.07 Å². The van der Waals surface area contributed by atoms with Crippen LogP contribution in [0.5, 0.6) is 11.5 Å². The number of nitrogens with zero attached hydrogens (tertiary/aromatic N) is 2. The van der Waals surface area contributed by atoms with E-state index >= 15 is 0 Å². The average molecular weight is 774 g/mol. The average Bonchev–Trinajstić information content (AvgIpc) is 3.70. The molecule has 0 unspecified atom stereocenters. The maximum absolute atomic E-state index is 13.2. The van der Waals surface area contributed by atoms with Crippen LogP contribution in [0.25, 0.3) is 0 Å². The summed E-state index contributed by atoms with van der Waals surface area (Å²) < 4.78 is 11.2. The predicted octanol–water partition coefficient (Wildman–Crippen LogP) is 2.77. The van der Waals surface area contributed by atoms with E-state index in [1.54, 1.807) is 55.3 Å². The van der Waals surface area contributed by atoms with Gasteiger partial charge in [-0.15, -0.1) is 6.42 Å². The van der Waals surface area contributed by atoms with Crippen molar-refractivity contribution in [3.8, 4) is 11.5 Å². The predicted molar refractivity (Wildman–Crippen MR) is 152 cm³/mol. The van der Waals surface area contributed by atoms with Crippen LogP contribution in [-0.4, -0.2) is 48.3 Å². The number of amides is 2. The van der Waals surface area contributed by atoms with E-state index < -0.39 is 22.8 Å². The van der Waals surface area contributed by atoms with Crippen LogP contribution in [0.4, 0.5) is 5.69 Å². The SMILES string of the molecule is [CH2-]CC[CH-]c1nc([C@@](O)(CNC(=O)c2cc(C=NC)c(N)c(OI)c2)C2CC2)cc2c1OC[C@]2(C)C(N)=O.[Ce]. The second kappa shape index (κ2) is 12.9. The summed E-state index contributed by atoms with van der Waals surface area (Å²) in [4.78, 5) is 34.3. The Morgan fingerprint density at radius 3 is 2.74 bits per heavy atom. The van der Waals surface area contributed by atoms with Crippen LogP contribution in [0.2, 0.25) is 0 Å². The Labute approximate surface area is 276 Å². The van der Waals surface area contributed by atoms with Crippen molar-refractivity contribution < 1.29 is 64.2 Å². The molecule has 12 heteroatoms. The molecule has 1 saturated carbocycles. The molecule has 1 aliphatic carbocycles. The summed E-state index contributed by atoms with van der Waals surface area (Å²) in [5, 5.41) is 14.8. The summed E-state index contributed by atoms with van der Waals surface area (Å²) in [6.07, 6.45) is 6.26. The summed E-state index contributed by atoms with van der Waals surface area (Å²) in [6.45, 7) is 5.60. The van der Waals surface area contributed by atoms with E-state index in [0.29, 0.717) is 58.1 Å². The third-order valence-electron chi connectivity index (χ3n) is 7.19. The van der Waals surface area contributed by atoms with Gasteiger partial charge in [0, 0.05) is 66.1 Å². The minimum atomic E-state index is -1.47. The molecule has 39 heavy (non-hydrogen) atoms. The number of aromatic nitrogens is 1. The molecule has 2 heterocycles. The number of anilines is 1. The van der Waals surface area contributed by atoms with Gasteiger partial charge in [0.05, 0.1) is 29.9 Å². The molecular formula is C27H32CeIN5O5-2. The fraction of sp³-hybridized carbons (Fsp3) is 0.407. The molecule has 2 aromatic rings. The first-order valence-corrected chi connectivity index (χ1v) is 13.2. The van der Waals surface area contributed by atoms with E-state index in [0.717, 1.165) is 12.8 Å². The molecule has 1 aromatic carbocycles. The van der Waals surface area contributed by atoms with Gasteiger partial charge in [-0.25, -0.2) is 6.42 Å². The molecular weight excluding hydrogens is 741 g/mol. The Kier molecular flexibility index (Phi) is 10.5. The van der Waals surface area contributed by atoms with E-state index in [9.17, 15) is 14.7 Å². The van der Waals surface area contributed by atoms with Crippen molar-refractivity contribution in [1.82, 2.24) is 10.3 Å². The number of benzene rings is 1. The summed E-state index contributed by atoms with van der Waals surface area (Å²) in [5.41, 5.74) is 12.0. The van der Waals surface area contributed by atoms with Gasteiger partial charge < -0.3 is 36.6 Å². The second-order valence-electron chi connectivity index (χ2n) is 9.92. The first kappa shape index (κ1) is 31.8. The van der Waals surface area contributed by atoms with Crippen molar-refractivity contribution in [2.45, 2.75) is 43.6 Å². The van der Waals surface area contributed by atoms with Crippen molar-refractivity contribution in [1.29, 1.82) is 0 Å². The molecule has 1 aromatic heterocycles. The number of rotatable bonds is 11. The zero-order valence-electron chi connectivity index (χ0n) is 21.9. The van der Waals surface area contributed by atoms with E-state index in [1.807, 2.05) is 6.42 Å². The Morgan fingerprint density at radius 1 is 1.44 bits per heavy atom. The molecule has 10 nitrogen and oxygen atoms in total. The number of hydrogen-bond acceptors (Lipinski definition) is 8. The number of aliphatic hydroxyl groups is 1. The van der Waals surface area contributed by atoms with E-state index in [-0.39, 0.29) is 60.8 Å². The van der Waals surface area contributed by atoms with Crippen molar-refractivity contribution in [3.05, 3.63) is 59.6 Å². The van der Waals surface area contributed by atoms with Gasteiger partial charge in [-0.1, -0.05) is 11.3 Å². The van der Waals surface area contributed by atoms with Gasteiger partial charge in [-0.3, -0.25) is 19.6 Å². The largest absolute Gasteiger partial charge is 0.575 e. The normalized spacial score (nSPS) is 19.4. The topological polar surface area (TPSA) is 162 Å². The van der Waals surface area contributed by atoms with Crippen molar-refractivity contribution in [2.24, 2.45) is 16.6 Å². The summed E-state index contributed by atoms with van der Waals surface area (Å²) in [6, 6.07) is 4.84. The molecule has 2 atom stereocenters. The number of fused-ring (bicyclic) bond motifs is 1. The van der Waals surface area contributed by atoms with Crippen LogP contribution in [0, 0.1) is 61.0 Å². The zero-order chi connectivity index (χ0) is 27.7. The van der Waals surface area contributed by atoms with Gasteiger partial charge >= 0.3 is 0 Å². The number of nitrogens with two attached hydrogens (primary N) is 2. The Morgan fingerprint density at radius 2 is 2.15 bits per heavy atom. The number of primary amides is 1. The second-order valence-corrected chi connectivity index (χ2v) is 10.4. The number of unbranched alkanes of at least 4 members (excludes halogenated alkanes) is 1. The third-order valence-corrected chi connectivity index (χ3v) is 7.66. The van der Waals surface area contributed by atoms with Crippen molar-refractivity contribution >= 4 is 46.7 Å². The minimum absolute atomic E-state index is 0. The molecule has 1 aliphatic heterocycles. The van der Waals surface area contributed by atoms with Gasteiger partial charge in [0.15, 0.2) is 28.8 Å². The van der Waals surface area contributed by atoms with Gasteiger partial charge in [0.1, 0.15) is 5.60 Å². The maximum atomic E-state index is 13.2. The van der Waals surface area contributed by atoms with Gasteiger partial charge in [0.25, 0.3) is 5.91 Å². The van der Waals surface area contributed by atoms with Gasteiger partial charge in [-0.05, 0) is 49.6 Å². The van der Waals surface area contributed by atoms with Crippen LogP contribution in [0.15, 0.2) is 23.2 Å². The number of carbonyl (C=O) groups is 2. The number of ether oxygens (including phenoxy) is 1. The number of hydrogen-bond donors (Lipinski definition) is 4. The smallest absolute Gasteiger partial charge is 0.251 e. The summed E-state index contributed by atoms with van der Waals surface area (Å²) in [7, 11) is 1.60. The van der Waals surface area contributed by atoms with Crippen molar-refractivity contribution in [2.75, 3.05) is 25.9 Å². The number of carbonyl (C=O) groups excluding carboxylic acids is 2. The van der Waals surface area contributed by atoms with Crippen LogP contribution in [0.1, 0.15) is 65.5 Å². The first-order chi connectivity index (χ1) is 18.1. The minimum Gasteiger partial charge on any atom is -0.575 e. The standard InChI is InChI=1S/C27H32IN5O5.Ce/c1-4-5-6-19-23-18(26(2,14-37-23)25(30)35)11-21(33-19)27(36,17-7-8-17)13-32-24(34)15-9-16(12-31-3)22(29)20(10-15)38-28;/h6,9-12,17,36H,1,4-5,7-8,13-14,29H2,2-3H3,(H2,30,35)(H,32,34);/q-2;/t26-,27+;/m0./s1. The first-order valence-electron chi connectivity index (χ1n) is 12.3. The van der Waals surface area contributed by atoms with E-state index in [2.05, 4.69) is 17.2 Å². The molecule has 0 saturated heterocycles. The van der Waals surface area contributed by atoms with Crippen LogP contribution < -0.4 is 24.6 Å². The van der Waals surface area contributed by atoms with Crippen molar-refractivity contribution in [3.63, 3.8) is 0 Å². The molecule has 2 amide bonds.